The molecule has 1 rings (SSSR count). The highest BCUT2D eigenvalue weighted by Crippen LogP contribution is 2.12. The topological polar surface area (TPSA) is 63.4 Å². The number of carbonyl (C=O) groups excluding carboxylic acids is 2. The Morgan fingerprint density at radius 1 is 1.24 bits per heavy atom. The molecule has 0 unspecified atom stereocenters. The van der Waals surface area contributed by atoms with Crippen molar-refractivity contribution in [2.45, 2.75) is 20.8 Å². The van der Waals surface area contributed by atoms with Gasteiger partial charge in [0.25, 0.3) is 5.91 Å². The lowest BCUT2D eigenvalue weighted by molar-refractivity contribution is -0.126. The maximum Gasteiger partial charge on any atom is 0.260 e. The molecule has 92 valence electrons. The van der Waals surface area contributed by atoms with Gasteiger partial charge in [0, 0.05) is 25.6 Å². The van der Waals surface area contributed by atoms with Gasteiger partial charge in [0.05, 0.1) is 0 Å². The Balaban J connectivity index is 3.01. The molecular formula is C13H18N2O2. The van der Waals surface area contributed by atoms with Gasteiger partial charge in [-0.3, -0.25) is 14.5 Å². The monoisotopic (exact) mass is 234 g/mol. The highest BCUT2D eigenvalue weighted by Gasteiger charge is 2.18. The van der Waals surface area contributed by atoms with E-state index in [4.69, 9.17) is 5.73 Å². The van der Waals surface area contributed by atoms with Gasteiger partial charge in [0.1, 0.15) is 0 Å². The van der Waals surface area contributed by atoms with Crippen molar-refractivity contribution in [3.8, 4) is 0 Å². The normalized spacial score (nSPS) is 10.1. The maximum absolute atomic E-state index is 12.1. The SMILES string of the molecule is CC(=O)N(CCN)C(=O)c1ccc(C)c(C)c1. The molecule has 0 aliphatic heterocycles. The first-order valence-corrected chi connectivity index (χ1v) is 5.57. The van der Waals surface area contributed by atoms with Gasteiger partial charge in [-0.2, -0.15) is 0 Å². The molecule has 0 radical (unpaired) electrons. The Morgan fingerprint density at radius 2 is 1.88 bits per heavy atom. The molecule has 0 aliphatic carbocycles. The first kappa shape index (κ1) is 13.4. The van der Waals surface area contributed by atoms with Crippen LogP contribution in [0.15, 0.2) is 18.2 Å². The summed E-state index contributed by atoms with van der Waals surface area (Å²) in [6, 6.07) is 5.41. The predicted octanol–water partition coefficient (Wildman–Crippen LogP) is 1.25. The average Bonchev–Trinajstić information content (AvgIpc) is 2.28. The van der Waals surface area contributed by atoms with Crippen LogP contribution in [0.5, 0.6) is 0 Å². The van der Waals surface area contributed by atoms with Crippen LogP contribution in [0.2, 0.25) is 0 Å². The van der Waals surface area contributed by atoms with Gasteiger partial charge in [-0.1, -0.05) is 6.07 Å². The zero-order chi connectivity index (χ0) is 13.0. The van der Waals surface area contributed by atoms with Crippen LogP contribution in [0, 0.1) is 13.8 Å². The fraction of sp³-hybridized carbons (Fsp3) is 0.385. The lowest BCUT2D eigenvalue weighted by atomic mass is 10.1. The summed E-state index contributed by atoms with van der Waals surface area (Å²) in [5.41, 5.74) is 8.07. The Bertz CT molecular complexity index is 441. The number of imide groups is 1. The predicted molar refractivity (Wildman–Crippen MR) is 66.7 cm³/mol. The Kier molecular flexibility index (Phi) is 4.40. The molecule has 17 heavy (non-hydrogen) atoms. The number of aryl methyl sites for hydroxylation is 2. The molecule has 4 nitrogen and oxygen atoms in total. The summed E-state index contributed by atoms with van der Waals surface area (Å²) >= 11 is 0. The molecule has 0 aromatic heterocycles. The lowest BCUT2D eigenvalue weighted by Gasteiger charge is -2.18. The second kappa shape index (κ2) is 5.59. The number of carbonyl (C=O) groups is 2. The van der Waals surface area contributed by atoms with E-state index in [2.05, 4.69) is 0 Å². The molecule has 0 saturated carbocycles. The minimum absolute atomic E-state index is 0.251. The van der Waals surface area contributed by atoms with Crippen molar-refractivity contribution in [3.05, 3.63) is 34.9 Å². The maximum atomic E-state index is 12.1. The van der Waals surface area contributed by atoms with Gasteiger partial charge in [-0.15, -0.1) is 0 Å². The first-order chi connectivity index (χ1) is 7.97. The van der Waals surface area contributed by atoms with Gasteiger partial charge in [-0.25, -0.2) is 0 Å². The van der Waals surface area contributed by atoms with Crippen LogP contribution in [0.25, 0.3) is 0 Å². The number of benzene rings is 1. The molecule has 0 aliphatic rings. The molecule has 1 aromatic carbocycles. The summed E-state index contributed by atoms with van der Waals surface area (Å²) in [7, 11) is 0. The molecule has 2 amide bonds. The summed E-state index contributed by atoms with van der Waals surface area (Å²) in [6.45, 7) is 5.81. The number of rotatable bonds is 3. The van der Waals surface area contributed by atoms with Gasteiger partial charge >= 0.3 is 0 Å². The molecule has 0 spiro atoms. The van der Waals surface area contributed by atoms with E-state index in [0.29, 0.717) is 5.56 Å². The quantitative estimate of drug-likeness (QED) is 0.856. The summed E-state index contributed by atoms with van der Waals surface area (Å²) in [5, 5.41) is 0. The second-order valence-electron chi connectivity index (χ2n) is 4.06. The van der Waals surface area contributed by atoms with E-state index in [1.807, 2.05) is 19.9 Å². The van der Waals surface area contributed by atoms with Crippen LogP contribution in [0.1, 0.15) is 28.4 Å². The number of nitrogens with two attached hydrogens (primary N) is 1. The number of amides is 2. The van der Waals surface area contributed by atoms with E-state index >= 15 is 0 Å². The highest BCUT2D eigenvalue weighted by atomic mass is 16.2. The van der Waals surface area contributed by atoms with Crippen molar-refractivity contribution in [1.29, 1.82) is 0 Å². The fourth-order valence-corrected chi connectivity index (χ4v) is 1.56. The minimum Gasteiger partial charge on any atom is -0.329 e. The standard InChI is InChI=1S/C13H18N2O2/c1-9-4-5-12(8-10(9)2)13(17)15(7-6-14)11(3)16/h4-5,8H,6-7,14H2,1-3H3. The van der Waals surface area contributed by atoms with E-state index in [1.54, 1.807) is 12.1 Å². The fourth-order valence-electron chi connectivity index (χ4n) is 1.56. The number of nitrogens with zero attached hydrogens (tertiary/aromatic N) is 1. The summed E-state index contributed by atoms with van der Waals surface area (Å²) in [4.78, 5) is 24.6. The zero-order valence-electron chi connectivity index (χ0n) is 10.5. The van der Waals surface area contributed by atoms with Crippen molar-refractivity contribution in [2.75, 3.05) is 13.1 Å². The van der Waals surface area contributed by atoms with E-state index in [9.17, 15) is 9.59 Å². The van der Waals surface area contributed by atoms with E-state index in [0.717, 1.165) is 11.1 Å². The molecule has 0 saturated heterocycles. The minimum atomic E-state index is -0.286. The van der Waals surface area contributed by atoms with Crippen LogP contribution >= 0.6 is 0 Å². The lowest BCUT2D eigenvalue weighted by Crippen LogP contribution is -2.38. The van der Waals surface area contributed by atoms with Crippen molar-refractivity contribution in [3.63, 3.8) is 0 Å². The molecule has 0 atom stereocenters. The molecule has 2 N–H and O–H groups in total. The molecule has 0 heterocycles. The third-order valence-electron chi connectivity index (χ3n) is 2.73. The third kappa shape index (κ3) is 3.14. The Hall–Kier alpha value is -1.68. The van der Waals surface area contributed by atoms with Gasteiger partial charge in [-0.05, 0) is 37.1 Å². The summed E-state index contributed by atoms with van der Waals surface area (Å²) in [6.07, 6.45) is 0. The van der Waals surface area contributed by atoms with E-state index in [1.165, 1.54) is 11.8 Å². The number of hydrogen-bond acceptors (Lipinski definition) is 3. The van der Waals surface area contributed by atoms with Crippen LogP contribution in [0.3, 0.4) is 0 Å². The van der Waals surface area contributed by atoms with E-state index in [-0.39, 0.29) is 24.9 Å². The molecule has 1 aromatic rings. The highest BCUT2D eigenvalue weighted by molar-refractivity contribution is 6.04. The summed E-state index contributed by atoms with van der Waals surface area (Å²) in [5.74, 6) is -0.565. The van der Waals surface area contributed by atoms with Gasteiger partial charge in [0.2, 0.25) is 5.91 Å². The van der Waals surface area contributed by atoms with Crippen molar-refractivity contribution < 1.29 is 9.59 Å². The van der Waals surface area contributed by atoms with Crippen LogP contribution in [0.4, 0.5) is 0 Å². The molecular weight excluding hydrogens is 216 g/mol. The number of hydrogen-bond donors (Lipinski definition) is 1. The van der Waals surface area contributed by atoms with E-state index < -0.39 is 0 Å². The van der Waals surface area contributed by atoms with Crippen molar-refractivity contribution in [2.24, 2.45) is 5.73 Å². The van der Waals surface area contributed by atoms with Crippen LogP contribution < -0.4 is 5.73 Å². The second-order valence-corrected chi connectivity index (χ2v) is 4.06. The van der Waals surface area contributed by atoms with Crippen molar-refractivity contribution in [1.82, 2.24) is 4.90 Å². The molecule has 4 heteroatoms. The summed E-state index contributed by atoms with van der Waals surface area (Å²) < 4.78 is 0. The molecule has 0 fully saturated rings. The molecule has 0 bridgehead atoms. The van der Waals surface area contributed by atoms with Crippen molar-refractivity contribution >= 4 is 11.8 Å². The average molecular weight is 234 g/mol. The van der Waals surface area contributed by atoms with Gasteiger partial charge < -0.3 is 5.73 Å². The first-order valence-electron chi connectivity index (χ1n) is 5.57. The smallest absolute Gasteiger partial charge is 0.260 e. The Morgan fingerprint density at radius 3 is 2.35 bits per heavy atom. The Labute approximate surface area is 101 Å². The third-order valence-corrected chi connectivity index (χ3v) is 2.73. The van der Waals surface area contributed by atoms with Crippen LogP contribution in [-0.4, -0.2) is 29.8 Å². The zero-order valence-corrected chi connectivity index (χ0v) is 10.5. The van der Waals surface area contributed by atoms with Gasteiger partial charge in [0.15, 0.2) is 0 Å². The largest absolute Gasteiger partial charge is 0.329 e. The van der Waals surface area contributed by atoms with Crippen LogP contribution in [-0.2, 0) is 4.79 Å².